The summed E-state index contributed by atoms with van der Waals surface area (Å²) in [6.07, 6.45) is 3.34. The molecule has 4 rings (SSSR count). The fourth-order valence-corrected chi connectivity index (χ4v) is 5.05. The maximum Gasteiger partial charge on any atom is 0.352 e. The van der Waals surface area contributed by atoms with Gasteiger partial charge in [0.2, 0.25) is 0 Å². The maximum atomic E-state index is 12.9. The Labute approximate surface area is 210 Å². The van der Waals surface area contributed by atoms with Crippen LogP contribution in [-0.4, -0.2) is 78.6 Å². The summed E-state index contributed by atoms with van der Waals surface area (Å²) in [6, 6.07) is 11.0. The third-order valence-electron chi connectivity index (χ3n) is 5.38. The summed E-state index contributed by atoms with van der Waals surface area (Å²) in [5, 5.41) is 8.97. The first kappa shape index (κ1) is 25.2. The van der Waals surface area contributed by atoms with E-state index in [1.54, 1.807) is 24.5 Å². The van der Waals surface area contributed by atoms with E-state index >= 15 is 0 Å². The molecule has 1 unspecified atom stereocenters. The number of fused-ring (bicyclic) bond motifs is 1. The van der Waals surface area contributed by atoms with Gasteiger partial charge in [-0.05, 0) is 24.3 Å². The largest absolute Gasteiger partial charge is 0.477 e. The van der Waals surface area contributed by atoms with Crippen molar-refractivity contribution in [2.24, 2.45) is 4.99 Å². The number of aromatic nitrogens is 2. The van der Waals surface area contributed by atoms with Crippen molar-refractivity contribution in [3.63, 3.8) is 0 Å². The first-order valence-electron chi connectivity index (χ1n) is 11.0. The Kier molecular flexibility index (Phi) is 7.86. The number of hydrogen-bond donors (Lipinski definition) is 1. The Morgan fingerprint density at radius 2 is 1.78 bits per heavy atom. The Hall–Kier alpha value is -3.90. The van der Waals surface area contributed by atoms with E-state index in [9.17, 15) is 24.3 Å². The molecule has 2 amide bonds. The Morgan fingerprint density at radius 3 is 2.31 bits per heavy atom. The minimum absolute atomic E-state index is 0.00547. The molecule has 0 saturated carbocycles. The van der Waals surface area contributed by atoms with Crippen LogP contribution < -0.4 is 0 Å². The van der Waals surface area contributed by atoms with Crippen molar-refractivity contribution in [2.45, 2.75) is 25.4 Å². The molecule has 0 aliphatic carbocycles. The highest BCUT2D eigenvalue weighted by Gasteiger charge is 2.51. The third kappa shape index (κ3) is 5.83. The molecule has 1 N–H and O–H groups in total. The molecule has 1 atom stereocenters. The van der Waals surface area contributed by atoms with Gasteiger partial charge in [-0.25, -0.2) is 9.79 Å². The highest BCUT2D eigenvalue weighted by Crippen LogP contribution is 2.38. The number of pyridine rings is 2. The molecule has 0 aromatic carbocycles. The van der Waals surface area contributed by atoms with Crippen molar-refractivity contribution in [3.05, 3.63) is 71.4 Å². The number of amides is 2. The first-order chi connectivity index (χ1) is 17.3. The van der Waals surface area contributed by atoms with E-state index in [1.807, 2.05) is 29.2 Å². The van der Waals surface area contributed by atoms with Crippen LogP contribution in [0.3, 0.4) is 0 Å². The van der Waals surface area contributed by atoms with Crippen molar-refractivity contribution in [1.29, 1.82) is 0 Å². The van der Waals surface area contributed by atoms with E-state index in [-0.39, 0.29) is 30.3 Å². The fourth-order valence-electron chi connectivity index (χ4n) is 3.81. The second kappa shape index (κ2) is 11.2. The molecule has 1 saturated heterocycles. The van der Waals surface area contributed by atoms with Crippen molar-refractivity contribution < 1.29 is 29.0 Å². The van der Waals surface area contributed by atoms with Gasteiger partial charge >= 0.3 is 11.9 Å². The number of carboxylic acid groups (broad SMARTS) is 1. The van der Waals surface area contributed by atoms with Gasteiger partial charge in [-0.1, -0.05) is 12.1 Å². The Bertz CT molecular complexity index is 1190. The molecule has 0 spiro atoms. The van der Waals surface area contributed by atoms with Gasteiger partial charge in [-0.3, -0.25) is 34.2 Å². The second-order valence-electron chi connectivity index (χ2n) is 8.05. The quantitative estimate of drug-likeness (QED) is 0.388. The van der Waals surface area contributed by atoms with Crippen LogP contribution in [0.5, 0.6) is 0 Å². The number of ether oxygens (including phenoxy) is 1. The predicted octanol–water partition coefficient (Wildman–Crippen LogP) is 1.26. The van der Waals surface area contributed by atoms with Crippen molar-refractivity contribution in [1.82, 2.24) is 19.8 Å². The third-order valence-corrected chi connectivity index (χ3v) is 6.64. The number of esters is 1. The zero-order valence-corrected chi connectivity index (χ0v) is 20.2. The topological polar surface area (TPSA) is 142 Å². The minimum atomic E-state index is -1.31. The summed E-state index contributed by atoms with van der Waals surface area (Å²) in [7, 11) is 0. The molecular formula is C24H23N5O6S. The molecule has 36 heavy (non-hydrogen) atoms. The van der Waals surface area contributed by atoms with E-state index in [0.717, 1.165) is 16.3 Å². The van der Waals surface area contributed by atoms with Crippen LogP contribution in [-0.2, 0) is 37.0 Å². The number of aliphatic carboxylic acids is 1. The number of hydrogen-bond acceptors (Lipinski definition) is 9. The van der Waals surface area contributed by atoms with Crippen LogP contribution in [0.15, 0.2) is 65.1 Å². The molecule has 11 nitrogen and oxygen atoms in total. The number of aliphatic imine (C=N–C) groups is 1. The van der Waals surface area contributed by atoms with Crippen molar-refractivity contribution >= 4 is 41.2 Å². The zero-order chi connectivity index (χ0) is 25.7. The first-order valence-corrected chi connectivity index (χ1v) is 12.1. The molecule has 0 bridgehead atoms. The molecule has 0 radical (unpaired) electrons. The average Bonchev–Trinajstić information content (AvgIpc) is 2.86. The number of rotatable bonds is 9. The number of carbonyl (C=O) groups excluding carboxylic acids is 3. The molecule has 2 aliphatic heterocycles. The predicted molar refractivity (Wildman–Crippen MR) is 129 cm³/mol. The van der Waals surface area contributed by atoms with Gasteiger partial charge in [-0.2, -0.15) is 0 Å². The molecule has 1 fully saturated rings. The molecule has 2 aromatic heterocycles. The zero-order valence-electron chi connectivity index (χ0n) is 19.4. The Balaban J connectivity index is 1.49. The molecule has 4 heterocycles. The summed E-state index contributed by atoms with van der Waals surface area (Å²) in [5.41, 5.74) is 1.61. The molecule has 12 heteroatoms. The van der Waals surface area contributed by atoms with E-state index in [2.05, 4.69) is 15.0 Å². The Morgan fingerprint density at radius 1 is 1.14 bits per heavy atom. The summed E-state index contributed by atoms with van der Waals surface area (Å²) in [4.78, 5) is 64.2. The second-order valence-corrected chi connectivity index (χ2v) is 9.12. The van der Waals surface area contributed by atoms with Gasteiger partial charge in [0.25, 0.3) is 11.8 Å². The van der Waals surface area contributed by atoms with Crippen LogP contribution in [0.25, 0.3) is 0 Å². The smallest absolute Gasteiger partial charge is 0.352 e. The number of carboxylic acids is 1. The summed E-state index contributed by atoms with van der Waals surface area (Å²) < 4.78 is 4.93. The van der Waals surface area contributed by atoms with Crippen LogP contribution in [0.2, 0.25) is 0 Å². The van der Waals surface area contributed by atoms with Crippen molar-refractivity contribution in [2.75, 3.05) is 18.9 Å². The number of thioether (sulfide) groups is 1. The number of nitrogens with zero attached hydrogens (tertiary/aromatic N) is 5. The molecular weight excluding hydrogens is 486 g/mol. The number of carbonyl (C=O) groups is 4. The van der Waals surface area contributed by atoms with Gasteiger partial charge in [0.1, 0.15) is 23.4 Å². The van der Waals surface area contributed by atoms with Gasteiger partial charge in [-0.15, -0.1) is 11.8 Å². The maximum absolute atomic E-state index is 12.9. The average molecular weight is 510 g/mol. The minimum Gasteiger partial charge on any atom is -0.477 e. The van der Waals surface area contributed by atoms with E-state index < -0.39 is 29.1 Å². The summed E-state index contributed by atoms with van der Waals surface area (Å²) in [5.74, 6) is -2.82. The van der Waals surface area contributed by atoms with Gasteiger partial charge in [0, 0.05) is 43.7 Å². The summed E-state index contributed by atoms with van der Waals surface area (Å²) in [6.45, 7) is 1.66. The lowest BCUT2D eigenvalue weighted by Gasteiger charge is -2.44. The number of β-lactam (4-membered cyclic amide) rings is 1. The van der Waals surface area contributed by atoms with Crippen molar-refractivity contribution in [3.8, 4) is 0 Å². The van der Waals surface area contributed by atoms with Gasteiger partial charge < -0.3 is 9.84 Å². The standard InChI is InChI=1S/C24H23N5O6S/c1-15(30)35-13-16-14-36-23-20(22(32)29(23)21(16)24(33)34)27-19(31)12-28(10-17-6-2-4-8-25-17)11-18-7-3-5-9-26-18/h2-9,23H,10-14H2,1H3,(H,33,34). The summed E-state index contributed by atoms with van der Waals surface area (Å²) >= 11 is 1.25. The molecule has 186 valence electrons. The fraction of sp³-hybridized carbons (Fsp3) is 0.292. The van der Waals surface area contributed by atoms with Crippen LogP contribution in [0.4, 0.5) is 0 Å². The van der Waals surface area contributed by atoms with Gasteiger partial charge in [0.05, 0.1) is 17.9 Å². The van der Waals surface area contributed by atoms with Gasteiger partial charge in [0.15, 0.2) is 0 Å². The highest BCUT2D eigenvalue weighted by atomic mass is 32.2. The lowest BCUT2D eigenvalue weighted by molar-refractivity contribution is -0.141. The van der Waals surface area contributed by atoms with E-state index in [1.165, 1.54) is 18.7 Å². The van der Waals surface area contributed by atoms with Crippen LogP contribution >= 0.6 is 11.8 Å². The molecule has 2 aromatic rings. The SMILES string of the molecule is CC(=O)OCC1=C(C(=O)O)N2C(=O)C(=NC(=O)CN(Cc3ccccn3)Cc3ccccn3)C2SC1. The van der Waals surface area contributed by atoms with Crippen LogP contribution in [0.1, 0.15) is 18.3 Å². The van der Waals surface area contributed by atoms with Crippen LogP contribution in [0, 0.1) is 0 Å². The normalized spacial score (nSPS) is 18.2. The highest BCUT2D eigenvalue weighted by molar-refractivity contribution is 8.01. The van der Waals surface area contributed by atoms with E-state index in [0.29, 0.717) is 18.7 Å². The monoisotopic (exact) mass is 509 g/mol. The van der Waals surface area contributed by atoms with E-state index in [4.69, 9.17) is 4.74 Å². The lowest BCUT2D eigenvalue weighted by Crippen LogP contribution is -2.62. The lowest BCUT2D eigenvalue weighted by atomic mass is 10.1. The molecule has 2 aliphatic rings.